The molecule has 0 aliphatic rings. The molecule has 0 spiro atoms. The number of benzene rings is 1. The first-order valence-corrected chi connectivity index (χ1v) is 9.36. The van der Waals surface area contributed by atoms with Crippen LogP contribution in [0, 0.1) is 11.8 Å². The van der Waals surface area contributed by atoms with Crippen molar-refractivity contribution in [2.45, 2.75) is 12.5 Å². The van der Waals surface area contributed by atoms with E-state index in [4.69, 9.17) is 15.6 Å². The summed E-state index contributed by atoms with van der Waals surface area (Å²) >= 11 is 0. The van der Waals surface area contributed by atoms with E-state index in [1.165, 1.54) is 13.1 Å². The van der Waals surface area contributed by atoms with Crippen molar-refractivity contribution in [1.82, 2.24) is 29.5 Å². The number of imidazole rings is 1. The van der Waals surface area contributed by atoms with Gasteiger partial charge in [-0.2, -0.15) is 9.97 Å². The highest BCUT2D eigenvalue weighted by molar-refractivity contribution is 5.80. The van der Waals surface area contributed by atoms with Crippen LogP contribution in [0.2, 0.25) is 0 Å². The van der Waals surface area contributed by atoms with Gasteiger partial charge in [0.1, 0.15) is 12.4 Å². The smallest absolute Gasteiger partial charge is 0.303 e. The summed E-state index contributed by atoms with van der Waals surface area (Å²) in [4.78, 5) is 20.8. The number of anilines is 1. The minimum absolute atomic E-state index is 0.0660. The molecule has 3 heterocycles. The zero-order valence-electron chi connectivity index (χ0n) is 16.6. The summed E-state index contributed by atoms with van der Waals surface area (Å²) in [6.07, 6.45) is 4.62. The summed E-state index contributed by atoms with van der Waals surface area (Å²) < 4.78 is 7.24. The molecule has 0 saturated heterocycles. The second-order valence-corrected chi connectivity index (χ2v) is 6.67. The van der Waals surface area contributed by atoms with Crippen LogP contribution in [0.5, 0.6) is 6.01 Å². The largest absolute Gasteiger partial charge is 0.462 e. The minimum Gasteiger partial charge on any atom is -0.462 e. The number of aromatic nitrogens is 6. The highest BCUT2D eigenvalue weighted by Crippen LogP contribution is 2.26. The highest BCUT2D eigenvalue weighted by atomic mass is 16.5. The molecule has 4 N–H and O–H groups in total. The summed E-state index contributed by atoms with van der Waals surface area (Å²) in [7, 11) is 0. The van der Waals surface area contributed by atoms with Crippen molar-refractivity contribution in [2.24, 2.45) is 0 Å². The molecule has 0 fully saturated rings. The lowest BCUT2D eigenvalue weighted by molar-refractivity contribution is 0.112. The summed E-state index contributed by atoms with van der Waals surface area (Å²) in [6, 6.07) is 8.93. The maximum atomic E-state index is 10.6. The number of nitrogens with zero attached hydrogens (tertiary/aromatic N) is 6. The number of aliphatic hydroxyl groups excluding tert-OH is 1. The number of hydrogen-bond acceptors (Lipinski definition) is 9. The maximum absolute atomic E-state index is 10.6. The van der Waals surface area contributed by atoms with Crippen molar-refractivity contribution in [3.63, 3.8) is 0 Å². The molecule has 0 radical (unpaired) electrons. The van der Waals surface area contributed by atoms with E-state index in [1.54, 1.807) is 47.3 Å². The third kappa shape index (κ3) is 4.28. The Balaban J connectivity index is 1.79. The Morgan fingerprint density at radius 1 is 1.13 bits per heavy atom. The van der Waals surface area contributed by atoms with Crippen molar-refractivity contribution in [3.8, 4) is 23.7 Å². The predicted molar refractivity (Wildman–Crippen MR) is 112 cm³/mol. The van der Waals surface area contributed by atoms with E-state index < -0.39 is 5.60 Å². The fourth-order valence-electron chi connectivity index (χ4n) is 2.87. The van der Waals surface area contributed by atoms with Crippen molar-refractivity contribution >= 4 is 17.0 Å². The van der Waals surface area contributed by atoms with Crippen LogP contribution in [-0.2, 0) is 5.60 Å². The molecular formula is C21H19N7O3. The molecule has 0 saturated carbocycles. The van der Waals surface area contributed by atoms with Crippen molar-refractivity contribution in [1.29, 1.82) is 0 Å². The van der Waals surface area contributed by atoms with E-state index in [1.807, 2.05) is 0 Å². The topological polar surface area (TPSA) is 145 Å². The number of fused-ring (bicyclic) bond motifs is 1. The Kier molecular flexibility index (Phi) is 5.44. The molecule has 1 unspecified atom stereocenters. The Hall–Kier alpha value is -4.07. The van der Waals surface area contributed by atoms with E-state index in [0.29, 0.717) is 22.4 Å². The maximum Gasteiger partial charge on any atom is 0.303 e. The molecule has 0 bridgehead atoms. The molecule has 4 aromatic rings. The van der Waals surface area contributed by atoms with Gasteiger partial charge in [-0.15, -0.1) is 0 Å². The Bertz CT molecular complexity index is 1280. The molecular weight excluding hydrogens is 398 g/mol. The first-order chi connectivity index (χ1) is 15.0. The highest BCUT2D eigenvalue weighted by Gasteiger charge is 2.23. The van der Waals surface area contributed by atoms with Gasteiger partial charge in [0.2, 0.25) is 5.95 Å². The molecule has 0 amide bonds. The van der Waals surface area contributed by atoms with Crippen molar-refractivity contribution in [2.75, 3.05) is 18.9 Å². The van der Waals surface area contributed by atoms with Gasteiger partial charge < -0.3 is 20.7 Å². The quantitative estimate of drug-likeness (QED) is 0.402. The van der Waals surface area contributed by atoms with Crippen LogP contribution < -0.4 is 10.5 Å². The van der Waals surface area contributed by atoms with Gasteiger partial charge in [0.25, 0.3) is 0 Å². The number of aliphatic hydroxyl groups is 2. The van der Waals surface area contributed by atoms with Crippen molar-refractivity contribution < 1.29 is 14.9 Å². The Morgan fingerprint density at radius 3 is 2.68 bits per heavy atom. The lowest BCUT2D eigenvalue weighted by atomic mass is 10.1. The third-order valence-corrected chi connectivity index (χ3v) is 4.29. The summed E-state index contributed by atoms with van der Waals surface area (Å²) in [5.41, 5.74) is 6.14. The fraction of sp³-hybridized carbons (Fsp3) is 0.190. The molecule has 1 atom stereocenters. The van der Waals surface area contributed by atoms with Gasteiger partial charge in [-0.3, -0.25) is 0 Å². The molecule has 1 aromatic carbocycles. The first kappa shape index (κ1) is 20.2. The molecule has 0 aliphatic heterocycles. The molecule has 31 heavy (non-hydrogen) atoms. The molecule has 10 nitrogen and oxygen atoms in total. The number of rotatable bonds is 5. The van der Waals surface area contributed by atoms with Crippen LogP contribution in [0.25, 0.3) is 16.9 Å². The molecule has 0 aliphatic carbocycles. The predicted octanol–water partition coefficient (Wildman–Crippen LogP) is 0.818. The Labute approximate surface area is 177 Å². The summed E-state index contributed by atoms with van der Waals surface area (Å²) in [5.74, 6) is 6.53. The first-order valence-electron chi connectivity index (χ1n) is 9.36. The average molecular weight is 417 g/mol. The second kappa shape index (κ2) is 8.35. The normalized spacial score (nSPS) is 12.7. The molecule has 10 heteroatoms. The number of nitrogens with two attached hydrogens (primary N) is 1. The second-order valence-electron chi connectivity index (χ2n) is 6.67. The van der Waals surface area contributed by atoms with Gasteiger partial charge in [-0.1, -0.05) is 11.8 Å². The SMILES string of the molecule is CC(O)(C#Cc1ccc2nc(OCCO)n(-c3ccnc(N)n3)c2c1)c1ncccn1. The van der Waals surface area contributed by atoms with Gasteiger partial charge in [-0.05, 0) is 31.2 Å². The van der Waals surface area contributed by atoms with E-state index in [9.17, 15) is 5.11 Å². The van der Waals surface area contributed by atoms with E-state index >= 15 is 0 Å². The third-order valence-electron chi connectivity index (χ3n) is 4.29. The zero-order valence-corrected chi connectivity index (χ0v) is 16.6. The van der Waals surface area contributed by atoms with Gasteiger partial charge in [0, 0.05) is 30.2 Å². The number of nitrogen functional groups attached to an aromatic ring is 1. The van der Waals surface area contributed by atoms with Gasteiger partial charge in [0.15, 0.2) is 11.4 Å². The van der Waals surface area contributed by atoms with Crippen molar-refractivity contribution in [3.05, 3.63) is 60.3 Å². The average Bonchev–Trinajstić information content (AvgIpc) is 3.14. The lowest BCUT2D eigenvalue weighted by Gasteiger charge is -2.13. The van der Waals surface area contributed by atoms with E-state index in [2.05, 4.69) is 36.8 Å². The van der Waals surface area contributed by atoms with Crippen LogP contribution in [0.4, 0.5) is 5.95 Å². The van der Waals surface area contributed by atoms with Crippen LogP contribution in [0.15, 0.2) is 48.9 Å². The summed E-state index contributed by atoms with van der Waals surface area (Å²) in [5, 5.41) is 19.8. The van der Waals surface area contributed by atoms with Crippen LogP contribution in [-0.4, -0.2) is 52.9 Å². The minimum atomic E-state index is -1.52. The van der Waals surface area contributed by atoms with Gasteiger partial charge in [0.05, 0.1) is 17.6 Å². The van der Waals surface area contributed by atoms with Crippen LogP contribution in [0.1, 0.15) is 18.3 Å². The van der Waals surface area contributed by atoms with Gasteiger partial charge in [-0.25, -0.2) is 19.5 Å². The number of ether oxygens (including phenoxy) is 1. The van der Waals surface area contributed by atoms with Crippen LogP contribution in [0.3, 0.4) is 0 Å². The molecule has 3 aromatic heterocycles. The standard InChI is InChI=1S/C21H19N7O3/c1-21(30,18-23-8-2-9-24-18)7-5-14-3-4-15-16(13-14)28(20(26-15)31-12-11-29)17-6-10-25-19(22)27-17/h2-4,6,8-10,13,29-30H,11-12H2,1H3,(H2,22,25,27). The lowest BCUT2D eigenvalue weighted by Crippen LogP contribution is -2.21. The fourth-order valence-corrected chi connectivity index (χ4v) is 2.87. The molecule has 156 valence electrons. The zero-order chi connectivity index (χ0) is 21.8. The summed E-state index contributed by atoms with van der Waals surface area (Å²) in [6.45, 7) is 1.43. The van der Waals surface area contributed by atoms with E-state index in [0.717, 1.165) is 0 Å². The number of hydrogen-bond donors (Lipinski definition) is 3. The Morgan fingerprint density at radius 2 is 1.94 bits per heavy atom. The molecule has 4 rings (SSSR count). The monoisotopic (exact) mass is 417 g/mol. The van der Waals surface area contributed by atoms with Gasteiger partial charge >= 0.3 is 6.01 Å². The van der Waals surface area contributed by atoms with E-state index in [-0.39, 0.29) is 31.0 Å². The van der Waals surface area contributed by atoms with Crippen LogP contribution >= 0.6 is 0 Å².